The number of hydrazone groups is 1. The molecule has 0 fully saturated rings. The summed E-state index contributed by atoms with van der Waals surface area (Å²) in [6.07, 6.45) is 1.43. The molecule has 3 rings (SSSR count). The number of hydrogen-bond donors (Lipinski definition) is 1. The summed E-state index contributed by atoms with van der Waals surface area (Å²) in [4.78, 5) is 24.0. The van der Waals surface area contributed by atoms with Crippen LogP contribution in [-0.2, 0) is 4.79 Å². The predicted molar refractivity (Wildman–Crippen MR) is 116 cm³/mol. The molecule has 0 saturated heterocycles. The van der Waals surface area contributed by atoms with E-state index in [0.717, 1.165) is 0 Å². The molecule has 0 aliphatic rings. The average Bonchev–Trinajstić information content (AvgIpc) is 2.73. The van der Waals surface area contributed by atoms with Gasteiger partial charge in [0.2, 0.25) is 0 Å². The van der Waals surface area contributed by atoms with Crippen LogP contribution in [0.25, 0.3) is 0 Å². The molecular formula is C22H16Cl2N2O4. The first-order valence-electron chi connectivity index (χ1n) is 8.78. The third-order valence-corrected chi connectivity index (χ3v) is 4.20. The summed E-state index contributed by atoms with van der Waals surface area (Å²) in [7, 11) is 0. The van der Waals surface area contributed by atoms with Crippen molar-refractivity contribution in [3.05, 3.63) is 94.0 Å². The highest BCUT2D eigenvalue weighted by molar-refractivity contribution is 6.31. The molecule has 8 heteroatoms. The van der Waals surface area contributed by atoms with Crippen molar-refractivity contribution in [1.29, 1.82) is 0 Å². The van der Waals surface area contributed by atoms with E-state index in [2.05, 4.69) is 10.5 Å². The fourth-order valence-corrected chi connectivity index (χ4v) is 2.63. The molecule has 0 atom stereocenters. The van der Waals surface area contributed by atoms with Gasteiger partial charge in [0.25, 0.3) is 5.91 Å². The molecule has 152 valence electrons. The van der Waals surface area contributed by atoms with Crippen molar-refractivity contribution in [2.45, 2.75) is 0 Å². The minimum Gasteiger partial charge on any atom is -0.484 e. The normalized spacial score (nSPS) is 10.6. The zero-order valence-corrected chi connectivity index (χ0v) is 17.1. The van der Waals surface area contributed by atoms with Gasteiger partial charge in [-0.1, -0.05) is 41.4 Å². The standard InChI is InChI=1S/C22H16Cl2N2O4/c23-17-9-7-16(8-10-17)22(28)30-20-6-1-3-15(11-20)13-25-26-21(27)14-29-19-5-2-4-18(24)12-19/h1-13H,14H2,(H,26,27). The Labute approximate surface area is 183 Å². The zero-order valence-electron chi connectivity index (χ0n) is 15.5. The first-order chi connectivity index (χ1) is 14.5. The number of rotatable bonds is 7. The van der Waals surface area contributed by atoms with Crippen LogP contribution in [0.1, 0.15) is 15.9 Å². The van der Waals surface area contributed by atoms with Crippen LogP contribution in [0, 0.1) is 0 Å². The summed E-state index contributed by atoms with van der Waals surface area (Å²) in [6, 6.07) is 19.8. The first kappa shape index (κ1) is 21.4. The van der Waals surface area contributed by atoms with E-state index >= 15 is 0 Å². The molecule has 0 aliphatic heterocycles. The monoisotopic (exact) mass is 442 g/mol. The van der Waals surface area contributed by atoms with Crippen molar-refractivity contribution in [2.24, 2.45) is 5.10 Å². The SMILES string of the molecule is O=C(COc1cccc(Cl)c1)NN=Cc1cccc(OC(=O)c2ccc(Cl)cc2)c1. The second kappa shape index (κ2) is 10.4. The van der Waals surface area contributed by atoms with Gasteiger partial charge in [-0.15, -0.1) is 0 Å². The number of benzene rings is 3. The average molecular weight is 443 g/mol. The topological polar surface area (TPSA) is 77.0 Å². The molecular weight excluding hydrogens is 427 g/mol. The number of carbonyl (C=O) groups is 2. The highest BCUT2D eigenvalue weighted by atomic mass is 35.5. The predicted octanol–water partition coefficient (Wildman–Crippen LogP) is 4.74. The summed E-state index contributed by atoms with van der Waals surface area (Å²) >= 11 is 11.7. The van der Waals surface area contributed by atoms with Crippen LogP contribution < -0.4 is 14.9 Å². The van der Waals surface area contributed by atoms with Gasteiger partial charge in [-0.05, 0) is 60.2 Å². The van der Waals surface area contributed by atoms with Crippen molar-refractivity contribution in [1.82, 2.24) is 5.43 Å². The van der Waals surface area contributed by atoms with Crippen LogP contribution >= 0.6 is 23.2 Å². The van der Waals surface area contributed by atoms with E-state index in [9.17, 15) is 9.59 Å². The van der Waals surface area contributed by atoms with E-state index in [1.165, 1.54) is 6.21 Å². The van der Waals surface area contributed by atoms with Gasteiger partial charge in [0, 0.05) is 10.0 Å². The van der Waals surface area contributed by atoms with Crippen molar-refractivity contribution in [3.63, 3.8) is 0 Å². The Hall–Kier alpha value is -3.35. The number of esters is 1. The van der Waals surface area contributed by atoms with Gasteiger partial charge in [-0.3, -0.25) is 4.79 Å². The number of nitrogens with one attached hydrogen (secondary N) is 1. The molecule has 0 bridgehead atoms. The van der Waals surface area contributed by atoms with Gasteiger partial charge < -0.3 is 9.47 Å². The van der Waals surface area contributed by atoms with Gasteiger partial charge in [0.05, 0.1) is 11.8 Å². The first-order valence-corrected chi connectivity index (χ1v) is 9.53. The van der Waals surface area contributed by atoms with Crippen LogP contribution in [0.15, 0.2) is 77.9 Å². The molecule has 3 aromatic rings. The van der Waals surface area contributed by atoms with Gasteiger partial charge in [-0.25, -0.2) is 10.2 Å². The number of ether oxygens (including phenoxy) is 2. The maximum Gasteiger partial charge on any atom is 0.343 e. The van der Waals surface area contributed by atoms with E-state index in [1.54, 1.807) is 72.8 Å². The van der Waals surface area contributed by atoms with Crippen LogP contribution in [0.3, 0.4) is 0 Å². The molecule has 0 aromatic heterocycles. The number of carbonyl (C=O) groups excluding carboxylic acids is 2. The van der Waals surface area contributed by atoms with E-state index < -0.39 is 11.9 Å². The quantitative estimate of drug-likeness (QED) is 0.248. The lowest BCUT2D eigenvalue weighted by atomic mass is 10.2. The molecule has 0 spiro atoms. The van der Waals surface area contributed by atoms with Gasteiger partial charge in [0.1, 0.15) is 11.5 Å². The number of halogens is 2. The molecule has 1 N–H and O–H groups in total. The summed E-state index contributed by atoms with van der Waals surface area (Å²) in [5.74, 6) is -0.116. The maximum absolute atomic E-state index is 12.2. The fraction of sp³-hybridized carbons (Fsp3) is 0.0455. The van der Waals surface area contributed by atoms with Crippen molar-refractivity contribution in [2.75, 3.05) is 6.61 Å². The minimum absolute atomic E-state index is 0.212. The Balaban J connectivity index is 1.51. The molecule has 1 amide bonds. The lowest BCUT2D eigenvalue weighted by Crippen LogP contribution is -2.24. The molecule has 0 saturated carbocycles. The summed E-state index contributed by atoms with van der Waals surface area (Å²) in [5.41, 5.74) is 3.37. The van der Waals surface area contributed by atoms with Crippen molar-refractivity contribution in [3.8, 4) is 11.5 Å². The van der Waals surface area contributed by atoms with Crippen molar-refractivity contribution >= 4 is 41.3 Å². The van der Waals surface area contributed by atoms with Gasteiger partial charge in [-0.2, -0.15) is 5.10 Å². The third-order valence-electron chi connectivity index (χ3n) is 3.72. The lowest BCUT2D eigenvalue weighted by Gasteiger charge is -2.06. The van der Waals surface area contributed by atoms with E-state index in [1.807, 2.05) is 0 Å². The van der Waals surface area contributed by atoms with E-state index in [-0.39, 0.29) is 6.61 Å². The summed E-state index contributed by atoms with van der Waals surface area (Å²) < 4.78 is 10.7. The molecule has 0 aliphatic carbocycles. The number of amides is 1. The summed E-state index contributed by atoms with van der Waals surface area (Å²) in [5, 5.41) is 4.92. The number of nitrogens with zero attached hydrogens (tertiary/aromatic N) is 1. The minimum atomic E-state index is -0.507. The van der Waals surface area contributed by atoms with Crippen LogP contribution in [0.4, 0.5) is 0 Å². The Bertz CT molecular complexity index is 1070. The summed E-state index contributed by atoms with van der Waals surface area (Å²) in [6.45, 7) is -0.212. The molecule has 3 aromatic carbocycles. The Morgan fingerprint density at radius 3 is 2.40 bits per heavy atom. The second-order valence-corrected chi connectivity index (χ2v) is 6.88. The second-order valence-electron chi connectivity index (χ2n) is 6.01. The molecule has 6 nitrogen and oxygen atoms in total. The maximum atomic E-state index is 12.2. The largest absolute Gasteiger partial charge is 0.484 e. The Morgan fingerprint density at radius 2 is 1.63 bits per heavy atom. The fourth-order valence-electron chi connectivity index (χ4n) is 2.33. The Kier molecular flexibility index (Phi) is 7.43. The lowest BCUT2D eigenvalue weighted by molar-refractivity contribution is -0.123. The van der Waals surface area contributed by atoms with Crippen LogP contribution in [-0.4, -0.2) is 24.7 Å². The van der Waals surface area contributed by atoms with Gasteiger partial charge >= 0.3 is 5.97 Å². The third kappa shape index (κ3) is 6.62. The Morgan fingerprint density at radius 1 is 0.900 bits per heavy atom. The van der Waals surface area contributed by atoms with E-state index in [4.69, 9.17) is 32.7 Å². The zero-order chi connectivity index (χ0) is 21.3. The molecule has 0 radical (unpaired) electrons. The smallest absolute Gasteiger partial charge is 0.343 e. The van der Waals surface area contributed by atoms with Gasteiger partial charge in [0.15, 0.2) is 6.61 Å². The van der Waals surface area contributed by atoms with Crippen molar-refractivity contribution < 1.29 is 19.1 Å². The van der Waals surface area contributed by atoms with E-state index in [0.29, 0.717) is 32.7 Å². The van der Waals surface area contributed by atoms with Crippen LogP contribution in [0.5, 0.6) is 11.5 Å². The molecule has 30 heavy (non-hydrogen) atoms. The number of hydrogen-bond acceptors (Lipinski definition) is 5. The molecule has 0 unspecified atom stereocenters. The highest BCUT2D eigenvalue weighted by Crippen LogP contribution is 2.17. The van der Waals surface area contributed by atoms with Crippen LogP contribution in [0.2, 0.25) is 10.0 Å². The molecule has 0 heterocycles. The highest BCUT2D eigenvalue weighted by Gasteiger charge is 2.08.